The van der Waals surface area contributed by atoms with Crippen molar-refractivity contribution in [3.8, 4) is 11.1 Å². The number of aromatic amines is 1. The molecule has 6 heterocycles. The summed E-state index contributed by atoms with van der Waals surface area (Å²) in [6, 6.07) is 8.32. The number of likely N-dealkylation sites (tertiary alicyclic amines) is 1. The maximum Gasteiger partial charge on any atom is 0.236 e. The molecule has 0 saturated carbocycles. The molecule has 3 fully saturated rings. The first-order valence-corrected chi connectivity index (χ1v) is 21.9. The number of rotatable bonds is 11. The summed E-state index contributed by atoms with van der Waals surface area (Å²) in [5, 5.41) is 1.70. The number of piperazine rings is 1. The molecular weight excluding hydrogens is 828 g/mol. The largest absolute Gasteiger partial charge is 0.345 e. The Morgan fingerprint density at radius 3 is 2.26 bits per heavy atom. The average molecular weight is 872 g/mol. The van der Waals surface area contributed by atoms with Gasteiger partial charge in [-0.3, -0.25) is 34.1 Å². The number of aromatic nitrogens is 4. The van der Waals surface area contributed by atoms with E-state index in [-0.39, 0.29) is 53.1 Å². The molecule has 3 saturated heterocycles. The van der Waals surface area contributed by atoms with E-state index < -0.39 is 55.8 Å². The molecule has 0 spiro atoms. The van der Waals surface area contributed by atoms with Gasteiger partial charge >= 0.3 is 0 Å². The fourth-order valence-corrected chi connectivity index (χ4v) is 8.88. The van der Waals surface area contributed by atoms with Gasteiger partial charge in [-0.1, -0.05) is 12.1 Å². The summed E-state index contributed by atoms with van der Waals surface area (Å²) in [6.45, 7) is 6.32. The Labute approximate surface area is 355 Å². The van der Waals surface area contributed by atoms with Gasteiger partial charge in [-0.25, -0.2) is 36.5 Å². The van der Waals surface area contributed by atoms with Gasteiger partial charge in [0.05, 0.1) is 29.0 Å². The number of fused-ring (bicyclic) bond motifs is 1. The molecule has 62 heavy (non-hydrogen) atoms. The van der Waals surface area contributed by atoms with E-state index in [2.05, 4.69) is 34.9 Å². The molecule has 3 aromatic heterocycles. The van der Waals surface area contributed by atoms with Gasteiger partial charge in [-0.15, -0.1) is 0 Å². The van der Waals surface area contributed by atoms with Gasteiger partial charge in [0.25, 0.3) is 0 Å². The Morgan fingerprint density at radius 2 is 1.58 bits per heavy atom. The number of H-pyrrole nitrogens is 1. The Bertz CT molecular complexity index is 2680. The lowest BCUT2D eigenvalue weighted by molar-refractivity contribution is -0.134. The minimum Gasteiger partial charge on any atom is -0.345 e. The van der Waals surface area contributed by atoms with E-state index in [1.165, 1.54) is 26.1 Å². The average Bonchev–Trinajstić information content (AvgIpc) is 3.69. The monoisotopic (exact) mass is 871 g/mol. The van der Waals surface area contributed by atoms with Crippen LogP contribution in [0.5, 0.6) is 0 Å². The number of carbonyl (C=O) groups is 4. The number of carbonyl (C=O) groups excluding carboxylic acids is 4. The highest BCUT2D eigenvalue weighted by molar-refractivity contribution is 7.93. The fourth-order valence-electron chi connectivity index (χ4n) is 8.18. The van der Waals surface area contributed by atoms with E-state index in [4.69, 9.17) is 0 Å². The van der Waals surface area contributed by atoms with Crippen LogP contribution in [-0.2, 0) is 24.4 Å². The molecule has 5 aromatic rings. The summed E-state index contributed by atoms with van der Waals surface area (Å²) in [5.41, 5.74) is 1.02. The summed E-state index contributed by atoms with van der Waals surface area (Å²) >= 11 is 0. The van der Waals surface area contributed by atoms with Crippen molar-refractivity contribution in [1.29, 1.82) is 0 Å². The van der Waals surface area contributed by atoms with E-state index in [1.54, 1.807) is 36.8 Å². The lowest BCUT2D eigenvalue weighted by Crippen LogP contribution is -2.52. The van der Waals surface area contributed by atoms with Crippen molar-refractivity contribution < 1.29 is 40.8 Å². The lowest BCUT2D eigenvalue weighted by atomic mass is 9.85. The van der Waals surface area contributed by atoms with Crippen molar-refractivity contribution in [2.24, 2.45) is 0 Å². The van der Waals surface area contributed by atoms with E-state index in [1.807, 2.05) is 9.80 Å². The predicted molar refractivity (Wildman–Crippen MR) is 223 cm³/mol. The SMILES string of the molecule is CC(C)S(=O)(=O)Nc1ccc(F)c(C(=O)c2c[nH]c3ncc(-c4cnc(N5CCN(C(=O)CN6CCC(c7ccc(C8CCC(=O)NC8=O)cc7F)CC6)CC5)nc4)cc23)c1F. The minimum atomic E-state index is -3.98. The van der Waals surface area contributed by atoms with Crippen LogP contribution in [0.25, 0.3) is 22.2 Å². The molecule has 0 radical (unpaired) electrons. The molecule has 0 aliphatic carbocycles. The quantitative estimate of drug-likeness (QED) is 0.121. The third kappa shape index (κ3) is 8.63. The third-order valence-corrected chi connectivity index (χ3v) is 13.7. The van der Waals surface area contributed by atoms with Gasteiger partial charge in [0.15, 0.2) is 5.82 Å². The van der Waals surface area contributed by atoms with E-state index >= 15 is 8.78 Å². The second kappa shape index (κ2) is 17.3. The summed E-state index contributed by atoms with van der Waals surface area (Å²) in [4.78, 5) is 72.9. The molecule has 3 aliphatic heterocycles. The Morgan fingerprint density at radius 1 is 0.871 bits per heavy atom. The number of ketones is 1. The molecule has 2 aromatic carbocycles. The van der Waals surface area contributed by atoms with Gasteiger partial charge in [-0.05, 0) is 87.5 Å². The highest BCUT2D eigenvalue weighted by atomic mass is 32.2. The molecule has 1 atom stereocenters. The maximum atomic E-state index is 15.5. The number of hydrogen-bond donors (Lipinski definition) is 3. The van der Waals surface area contributed by atoms with Crippen LogP contribution >= 0.6 is 0 Å². The number of imide groups is 1. The van der Waals surface area contributed by atoms with Crippen LogP contribution < -0.4 is 14.9 Å². The van der Waals surface area contributed by atoms with Crippen molar-refractivity contribution in [1.82, 2.24) is 35.1 Å². The third-order valence-electron chi connectivity index (χ3n) is 11.9. The van der Waals surface area contributed by atoms with Crippen LogP contribution in [-0.4, -0.2) is 113 Å². The smallest absolute Gasteiger partial charge is 0.236 e. The van der Waals surface area contributed by atoms with E-state index in [9.17, 15) is 32.0 Å². The van der Waals surface area contributed by atoms with Gasteiger partial charge in [0.1, 0.15) is 17.3 Å². The van der Waals surface area contributed by atoms with Crippen molar-refractivity contribution in [2.45, 2.75) is 56.6 Å². The standard InChI is InChI=1S/C43H44F3N9O6S/c1-24(2)62(60,61)52-35-7-6-33(44)38(39(35)46)40(58)32-22-48-41-31(32)17-27(19-47-41)28-20-49-43(50-21-28)55-15-13-54(14-16-55)37(57)23-53-11-9-25(10-12-53)29-4-3-26(18-34(29)45)30-5-8-36(56)51-42(30)59/h3-4,6-7,17-22,24-25,30,52H,5,8-16,23H2,1-2H3,(H,47,48)(H,51,56,59). The summed E-state index contributed by atoms with van der Waals surface area (Å²) < 4.78 is 72.6. The normalized spacial score (nSPS) is 18.1. The highest BCUT2D eigenvalue weighted by Gasteiger charge is 2.32. The number of benzene rings is 2. The molecule has 3 amide bonds. The van der Waals surface area contributed by atoms with E-state index in [0.29, 0.717) is 86.7 Å². The molecular formula is C43H44F3N9O6S. The van der Waals surface area contributed by atoms with Crippen LogP contribution in [0.1, 0.15) is 78.4 Å². The van der Waals surface area contributed by atoms with Crippen molar-refractivity contribution in [3.63, 3.8) is 0 Å². The number of piperidine rings is 2. The highest BCUT2D eigenvalue weighted by Crippen LogP contribution is 2.34. The van der Waals surface area contributed by atoms with Crippen LogP contribution in [0.15, 0.2) is 61.2 Å². The number of pyridine rings is 1. The Kier molecular flexibility index (Phi) is 11.8. The summed E-state index contributed by atoms with van der Waals surface area (Å²) in [6.07, 6.45) is 8.01. The fraction of sp³-hybridized carbons (Fsp3) is 0.372. The summed E-state index contributed by atoms with van der Waals surface area (Å²) in [7, 11) is -3.98. The Balaban J connectivity index is 0.850. The lowest BCUT2D eigenvalue weighted by Gasteiger charge is -2.37. The van der Waals surface area contributed by atoms with Crippen molar-refractivity contribution >= 4 is 56.2 Å². The number of halogens is 3. The van der Waals surface area contributed by atoms with Crippen molar-refractivity contribution in [2.75, 3.05) is 55.4 Å². The number of sulfonamides is 1. The van der Waals surface area contributed by atoms with Crippen LogP contribution in [0.2, 0.25) is 0 Å². The summed E-state index contributed by atoms with van der Waals surface area (Å²) in [5.74, 6) is -4.63. The van der Waals surface area contributed by atoms with Crippen LogP contribution in [0, 0.1) is 17.5 Å². The molecule has 3 aliphatic rings. The number of hydrogen-bond acceptors (Lipinski definition) is 11. The second-order valence-electron chi connectivity index (χ2n) is 16.1. The van der Waals surface area contributed by atoms with Crippen LogP contribution in [0.3, 0.4) is 0 Å². The van der Waals surface area contributed by atoms with Gasteiger partial charge in [0.2, 0.25) is 39.5 Å². The van der Waals surface area contributed by atoms with Crippen LogP contribution in [0.4, 0.5) is 24.8 Å². The first-order chi connectivity index (χ1) is 29.7. The molecule has 1 unspecified atom stereocenters. The first-order valence-electron chi connectivity index (χ1n) is 20.4. The zero-order valence-electron chi connectivity index (χ0n) is 34.0. The molecule has 3 N–H and O–H groups in total. The number of nitrogens with one attached hydrogen (secondary N) is 3. The van der Waals surface area contributed by atoms with Gasteiger partial charge < -0.3 is 14.8 Å². The first kappa shape index (κ1) is 42.5. The Hall–Kier alpha value is -6.21. The second-order valence-corrected chi connectivity index (χ2v) is 18.3. The molecule has 324 valence electrons. The number of anilines is 2. The number of nitrogens with zero attached hydrogens (tertiary/aromatic N) is 6. The minimum absolute atomic E-state index is 0.00415. The van der Waals surface area contributed by atoms with Gasteiger partial charge in [-0.2, -0.15) is 0 Å². The maximum absolute atomic E-state index is 15.5. The topological polar surface area (TPSA) is 191 Å². The van der Waals surface area contributed by atoms with Crippen molar-refractivity contribution in [3.05, 3.63) is 101 Å². The zero-order valence-corrected chi connectivity index (χ0v) is 34.8. The molecule has 0 bridgehead atoms. The predicted octanol–water partition coefficient (Wildman–Crippen LogP) is 4.87. The zero-order chi connectivity index (χ0) is 43.9. The number of amides is 3. The molecule has 19 heteroatoms. The molecule has 15 nitrogen and oxygen atoms in total. The van der Waals surface area contributed by atoms with E-state index in [0.717, 1.165) is 12.1 Å². The molecule has 8 rings (SSSR count). The van der Waals surface area contributed by atoms with Gasteiger partial charge in [0, 0.05) is 79.5 Å².